The highest BCUT2D eigenvalue weighted by molar-refractivity contribution is 8.14. The van der Waals surface area contributed by atoms with Crippen molar-refractivity contribution in [3.05, 3.63) is 29.6 Å². The fourth-order valence-corrected chi connectivity index (χ4v) is 3.57. The van der Waals surface area contributed by atoms with E-state index in [1.165, 1.54) is 0 Å². The Kier molecular flexibility index (Phi) is 4.95. The highest BCUT2D eigenvalue weighted by Crippen LogP contribution is 2.32. The Labute approximate surface area is 131 Å². The van der Waals surface area contributed by atoms with Gasteiger partial charge in [-0.2, -0.15) is 8.97 Å². The van der Waals surface area contributed by atoms with Crippen molar-refractivity contribution in [1.82, 2.24) is 0 Å². The maximum absolute atomic E-state index is 14.0. The summed E-state index contributed by atoms with van der Waals surface area (Å²) in [5.41, 5.74) is -0.532. The van der Waals surface area contributed by atoms with E-state index in [1.807, 2.05) is 0 Å². The van der Waals surface area contributed by atoms with Gasteiger partial charge in [-0.3, -0.25) is 9.59 Å². The van der Waals surface area contributed by atoms with Crippen LogP contribution >= 0.6 is 11.8 Å². The molecule has 1 heterocycles. The predicted octanol–water partition coefficient (Wildman–Crippen LogP) is 1.04. The molecular weight excluding hydrogens is 339 g/mol. The van der Waals surface area contributed by atoms with Gasteiger partial charge in [0.15, 0.2) is 11.9 Å². The van der Waals surface area contributed by atoms with E-state index in [1.54, 1.807) is 0 Å². The number of carbonyl (C=O) groups is 2. The average Bonchev–Trinajstić information content (AvgIpc) is 2.88. The number of thioether (sulfide) groups is 1. The summed E-state index contributed by atoms with van der Waals surface area (Å²) in [6, 6.07) is 0.637. The molecule has 1 aromatic rings. The van der Waals surface area contributed by atoms with E-state index in [0.717, 1.165) is 22.4 Å². The van der Waals surface area contributed by atoms with Gasteiger partial charge in [-0.15, -0.1) is 0 Å². The normalized spacial score (nSPS) is 17.9. The number of hydrogen-bond donors (Lipinski definition) is 3. The van der Waals surface area contributed by atoms with E-state index in [-0.39, 0.29) is 10.8 Å². The smallest absolute Gasteiger partial charge is 0.329 e. The number of carboxylic acids is 2. The van der Waals surface area contributed by atoms with Crippen molar-refractivity contribution in [1.29, 1.82) is 0 Å². The van der Waals surface area contributed by atoms with Gasteiger partial charge in [0.25, 0.3) is 0 Å². The van der Waals surface area contributed by atoms with Crippen LogP contribution in [0.25, 0.3) is 0 Å². The Morgan fingerprint density at radius 1 is 1.22 bits per heavy atom. The lowest BCUT2D eigenvalue weighted by molar-refractivity contribution is -0.480. The van der Waals surface area contributed by atoms with Crippen LogP contribution < -0.4 is 0 Å². The van der Waals surface area contributed by atoms with Crippen LogP contribution in [0, 0.1) is 23.4 Å². The first kappa shape index (κ1) is 17.3. The molecule has 6 nitrogen and oxygen atoms in total. The molecule has 0 saturated heterocycles. The minimum Gasteiger partial charge on any atom is -0.480 e. The molecule has 0 aromatic heterocycles. The second-order valence-corrected chi connectivity index (χ2v) is 5.70. The van der Waals surface area contributed by atoms with Crippen LogP contribution in [0.5, 0.6) is 0 Å². The molecule has 1 aromatic carbocycles. The number of benzene rings is 1. The first-order chi connectivity index (χ1) is 10.8. The third-order valence-electron chi connectivity index (χ3n) is 3.25. The molecule has 2 rings (SSSR count). The maximum atomic E-state index is 14.0. The Morgan fingerprint density at radius 2 is 1.83 bits per heavy atom. The summed E-state index contributed by atoms with van der Waals surface area (Å²) in [7, 11) is 0. The van der Waals surface area contributed by atoms with Crippen LogP contribution in [0.2, 0.25) is 0 Å². The van der Waals surface area contributed by atoms with Gasteiger partial charge in [0.2, 0.25) is 28.3 Å². The first-order valence-corrected chi connectivity index (χ1v) is 7.27. The molecule has 0 radical (unpaired) electrons. The summed E-state index contributed by atoms with van der Waals surface area (Å²) in [5, 5.41) is 27.2. The highest BCUT2D eigenvalue weighted by atomic mass is 32.2. The molecule has 10 heteroatoms. The summed E-state index contributed by atoms with van der Waals surface area (Å²) in [6.45, 7) is -0.555. The van der Waals surface area contributed by atoms with Crippen molar-refractivity contribution in [3.63, 3.8) is 0 Å². The minimum absolute atomic E-state index is 0.0708. The van der Waals surface area contributed by atoms with Gasteiger partial charge in [0.05, 0.1) is 5.75 Å². The molecule has 124 valence electrons. The second kappa shape index (κ2) is 6.59. The van der Waals surface area contributed by atoms with E-state index in [9.17, 15) is 27.9 Å². The van der Waals surface area contributed by atoms with E-state index < -0.39 is 53.6 Å². The number of nitrogens with zero attached hydrogens (tertiary/aromatic N) is 1. The zero-order valence-electron chi connectivity index (χ0n) is 11.4. The topological polar surface area (TPSA) is 97.8 Å². The van der Waals surface area contributed by atoms with Gasteiger partial charge in [-0.25, -0.2) is 8.78 Å². The molecule has 1 unspecified atom stereocenters. The quantitative estimate of drug-likeness (QED) is 0.417. The third kappa shape index (κ3) is 3.04. The van der Waals surface area contributed by atoms with Crippen LogP contribution in [-0.2, 0) is 9.59 Å². The Bertz CT molecular complexity index is 695. The number of hydrogen-bond acceptors (Lipinski definition) is 4. The van der Waals surface area contributed by atoms with E-state index >= 15 is 0 Å². The van der Waals surface area contributed by atoms with E-state index in [0.29, 0.717) is 6.07 Å². The van der Waals surface area contributed by atoms with Gasteiger partial charge >= 0.3 is 11.9 Å². The van der Waals surface area contributed by atoms with Crippen molar-refractivity contribution >= 4 is 34.4 Å². The van der Waals surface area contributed by atoms with E-state index in [4.69, 9.17) is 10.2 Å². The average molecular weight is 350 g/mol. The van der Waals surface area contributed by atoms with Gasteiger partial charge in [-0.05, 0) is 6.07 Å². The number of rotatable bonds is 5. The highest BCUT2D eigenvalue weighted by Gasteiger charge is 2.47. The SMILES string of the molecule is O=C(O)C(C(=O)O)C1=[N+](c2ccc(F)c(F)c2F)C(CO)CS1. The van der Waals surface area contributed by atoms with Crippen LogP contribution in [0.4, 0.5) is 18.9 Å². The Hall–Kier alpha value is -2.07. The zero-order valence-corrected chi connectivity index (χ0v) is 12.2. The summed E-state index contributed by atoms with van der Waals surface area (Å²) in [6.07, 6.45) is 0. The summed E-state index contributed by atoms with van der Waals surface area (Å²) >= 11 is 0.800. The van der Waals surface area contributed by atoms with Gasteiger partial charge in [0, 0.05) is 6.07 Å². The Morgan fingerprint density at radius 3 is 2.35 bits per heavy atom. The fraction of sp³-hybridized carbons (Fsp3) is 0.308. The van der Waals surface area contributed by atoms with Crippen molar-refractivity contribution in [3.8, 4) is 0 Å². The Balaban J connectivity index is 2.70. The number of aliphatic hydroxyl groups is 1. The molecule has 1 atom stereocenters. The molecule has 23 heavy (non-hydrogen) atoms. The number of aliphatic carboxylic acids is 2. The van der Waals surface area contributed by atoms with Crippen molar-refractivity contribution in [2.45, 2.75) is 6.04 Å². The summed E-state index contributed by atoms with van der Waals surface area (Å²) < 4.78 is 41.4. The first-order valence-electron chi connectivity index (χ1n) is 6.28. The standard InChI is InChI=1S/C13H10F3NO5S/c14-6-1-2-7(10(16)9(6)15)17-5(3-18)4-23-11(17)8(12(19)20)13(21)22/h1-2,5,8,18H,3-4H2,(H-,19,20,21,22)/p+1. The van der Waals surface area contributed by atoms with Gasteiger partial charge in [0.1, 0.15) is 6.61 Å². The lowest BCUT2D eigenvalue weighted by Crippen LogP contribution is -2.35. The molecule has 0 amide bonds. The van der Waals surface area contributed by atoms with Crippen LogP contribution in [0.3, 0.4) is 0 Å². The number of carboxylic acid groups (broad SMARTS) is 2. The van der Waals surface area contributed by atoms with Crippen LogP contribution in [0.1, 0.15) is 0 Å². The van der Waals surface area contributed by atoms with Crippen molar-refractivity contribution in [2.24, 2.45) is 5.92 Å². The minimum atomic E-state index is -2.01. The number of halogens is 3. The molecule has 0 bridgehead atoms. The molecule has 0 fully saturated rings. The fourth-order valence-electron chi connectivity index (χ4n) is 2.20. The molecule has 3 N–H and O–H groups in total. The monoisotopic (exact) mass is 350 g/mol. The van der Waals surface area contributed by atoms with Gasteiger partial charge < -0.3 is 15.3 Å². The summed E-state index contributed by atoms with van der Waals surface area (Å²) in [4.78, 5) is 22.3. The van der Waals surface area contributed by atoms with Gasteiger partial charge in [-0.1, -0.05) is 11.8 Å². The third-order valence-corrected chi connectivity index (χ3v) is 4.53. The van der Waals surface area contributed by atoms with Crippen molar-refractivity contribution in [2.75, 3.05) is 12.4 Å². The lowest BCUT2D eigenvalue weighted by atomic mass is 10.1. The molecule has 0 aliphatic carbocycles. The molecular formula is C13H11F3NO5S+. The molecule has 0 spiro atoms. The maximum Gasteiger partial charge on any atom is 0.329 e. The van der Waals surface area contributed by atoms with E-state index in [2.05, 4.69) is 0 Å². The number of aliphatic hydroxyl groups excluding tert-OH is 1. The molecule has 1 aliphatic heterocycles. The van der Waals surface area contributed by atoms with Crippen LogP contribution in [-0.4, -0.2) is 55.3 Å². The second-order valence-electron chi connectivity index (χ2n) is 4.66. The predicted molar refractivity (Wildman–Crippen MR) is 73.3 cm³/mol. The molecule has 1 aliphatic rings. The van der Waals surface area contributed by atoms with Crippen LogP contribution in [0.15, 0.2) is 12.1 Å². The molecule has 0 saturated carbocycles. The lowest BCUT2D eigenvalue weighted by Gasteiger charge is -2.10. The van der Waals surface area contributed by atoms with Crippen molar-refractivity contribution < 1.29 is 42.7 Å². The largest absolute Gasteiger partial charge is 0.480 e. The summed E-state index contributed by atoms with van der Waals surface area (Å²) in [5.74, 6) is -10.1. The zero-order chi connectivity index (χ0) is 17.3.